The third kappa shape index (κ3) is 15.0. The fourth-order valence-corrected chi connectivity index (χ4v) is 13.5. The summed E-state index contributed by atoms with van der Waals surface area (Å²) in [6.07, 6.45) is 5.25. The molecule has 0 aliphatic carbocycles. The minimum Gasteiger partial charge on any atom is -0.748 e. The smallest absolute Gasteiger partial charge is 0.303 e. The maximum Gasteiger partial charge on any atom is 0.303 e. The molecule has 0 aromatic heterocycles. The SMILES string of the molecule is COCCOCCOCCOCCC1(C)C(=CC=CC2=[N+](CCCCCC(=O)O)c3ccc4c(S(=O)(=O)[O-])cc(S(=O)(=O)[O-])cc4c3C2(C)CCCS(=O)(=O)[O-])N(CCOC)c2ccc3c(S(=O)(=O)[O-])cc(S(=O)(=O)[O-])cc3c21. The lowest BCUT2D eigenvalue weighted by molar-refractivity contribution is -0.438. The van der Waals surface area contributed by atoms with Gasteiger partial charge in [0.15, 0.2) is 5.71 Å². The number of carboxylic acids is 1. The molecule has 4 aromatic carbocycles. The number of anilines is 1. The van der Waals surface area contributed by atoms with Gasteiger partial charge in [0.1, 0.15) is 47.0 Å². The van der Waals surface area contributed by atoms with Crippen LogP contribution in [0.3, 0.4) is 0 Å². The van der Waals surface area contributed by atoms with Crippen LogP contribution < -0.4 is 4.90 Å². The molecule has 436 valence electrons. The zero-order valence-electron chi connectivity index (χ0n) is 43.5. The van der Waals surface area contributed by atoms with E-state index in [2.05, 4.69) is 0 Å². The number of methoxy groups -OCH3 is 2. The molecule has 2 atom stereocenters. The standard InChI is InChI=1S/C50H64N2O22S5/c1-49(17-9-29-75(55,56)57)44(51(19-7-5-6-12-46(53)54)40-15-13-36-38(47(40)49)30-34(76(58,59)60)32-42(36)78(64,65)66)10-8-11-45-50(2,18-21-72-25-26-74-28-27-73-24-23-71-4)48-39-31-35(77(61,62)63)33-43(79(67,68)69)37(39)14-16-41(48)52(45)20-22-70-3/h8,10-11,13-16,30-33H,5-7,9,12,17-29H2,1-4H3,(H5-,53,54,55,56,57,58,59,60,61,62,63,64,65,66,67,68,69)/p-4. The number of allylic oxidation sites excluding steroid dienone is 4. The van der Waals surface area contributed by atoms with E-state index >= 15 is 0 Å². The molecule has 4 aromatic rings. The van der Waals surface area contributed by atoms with Gasteiger partial charge in [-0.3, -0.25) is 4.79 Å². The topological polar surface area (TPSA) is 376 Å². The molecular formula is C50H60N2O22S5-4. The van der Waals surface area contributed by atoms with E-state index in [0.29, 0.717) is 73.1 Å². The molecule has 0 saturated heterocycles. The molecular weight excluding hydrogens is 1140 g/mol. The Hall–Kier alpha value is -4.83. The number of hydrogen-bond donors (Lipinski definition) is 1. The highest BCUT2D eigenvalue weighted by molar-refractivity contribution is 7.87. The quantitative estimate of drug-likeness (QED) is 0.0424. The molecule has 0 fully saturated rings. The summed E-state index contributed by atoms with van der Waals surface area (Å²) in [5, 5.41) is 8.69. The number of hydrogen-bond acceptors (Lipinski definition) is 22. The monoisotopic (exact) mass is 1200 g/mol. The van der Waals surface area contributed by atoms with Gasteiger partial charge >= 0.3 is 5.97 Å². The molecule has 0 radical (unpaired) electrons. The number of fused-ring (bicyclic) bond motifs is 6. The minimum absolute atomic E-state index is 0.0102. The van der Waals surface area contributed by atoms with E-state index in [9.17, 15) is 74.8 Å². The van der Waals surface area contributed by atoms with Crippen molar-refractivity contribution in [2.75, 3.05) is 90.8 Å². The number of unbranched alkanes of at least 4 members (excludes halogenated alkanes) is 2. The summed E-state index contributed by atoms with van der Waals surface area (Å²) in [4.78, 5) is 9.23. The van der Waals surface area contributed by atoms with E-state index in [0.717, 1.165) is 12.1 Å². The van der Waals surface area contributed by atoms with Crippen molar-refractivity contribution in [2.24, 2.45) is 0 Å². The Balaban J connectivity index is 1.59. The second-order valence-corrected chi connectivity index (χ2v) is 26.2. The summed E-state index contributed by atoms with van der Waals surface area (Å²) in [6.45, 7) is 5.21. The van der Waals surface area contributed by atoms with Crippen LogP contribution in [0.25, 0.3) is 21.5 Å². The van der Waals surface area contributed by atoms with Gasteiger partial charge in [0, 0.05) is 85.9 Å². The lowest BCUT2D eigenvalue weighted by Gasteiger charge is -2.31. The molecule has 0 saturated carbocycles. The number of nitrogens with zero attached hydrogens (tertiary/aromatic N) is 2. The van der Waals surface area contributed by atoms with Crippen molar-refractivity contribution < 1.29 is 103 Å². The second-order valence-electron chi connectivity index (χ2n) is 19.2. The molecule has 24 nitrogen and oxygen atoms in total. The fraction of sp³-hybridized carbons (Fsp3) is 0.480. The summed E-state index contributed by atoms with van der Waals surface area (Å²) < 4.78 is 218. The first-order chi connectivity index (χ1) is 36.9. The Morgan fingerprint density at radius 3 is 1.66 bits per heavy atom. The van der Waals surface area contributed by atoms with Crippen molar-refractivity contribution in [3.05, 3.63) is 83.6 Å². The van der Waals surface area contributed by atoms with Crippen LogP contribution in [0.2, 0.25) is 0 Å². The maximum absolute atomic E-state index is 12.8. The molecule has 0 spiro atoms. The van der Waals surface area contributed by atoms with Crippen LogP contribution in [0.4, 0.5) is 11.4 Å². The number of benzene rings is 4. The predicted octanol–water partition coefficient (Wildman–Crippen LogP) is 3.89. The Morgan fingerprint density at radius 2 is 1.14 bits per heavy atom. The third-order valence-corrected chi connectivity index (χ3v) is 18.1. The van der Waals surface area contributed by atoms with Gasteiger partial charge in [-0.15, -0.1) is 0 Å². The molecule has 79 heavy (non-hydrogen) atoms. The van der Waals surface area contributed by atoms with Crippen molar-refractivity contribution in [3.63, 3.8) is 0 Å². The maximum atomic E-state index is 12.8. The first-order valence-corrected chi connectivity index (χ1v) is 31.8. The van der Waals surface area contributed by atoms with Gasteiger partial charge in [-0.2, -0.15) is 4.58 Å². The Kier molecular flexibility index (Phi) is 20.5. The van der Waals surface area contributed by atoms with Gasteiger partial charge in [0.2, 0.25) is 5.69 Å². The van der Waals surface area contributed by atoms with Crippen molar-refractivity contribution in [1.29, 1.82) is 0 Å². The number of rotatable bonds is 31. The summed E-state index contributed by atoms with van der Waals surface area (Å²) >= 11 is 0. The van der Waals surface area contributed by atoms with Gasteiger partial charge in [-0.1, -0.05) is 12.1 Å². The summed E-state index contributed by atoms with van der Waals surface area (Å²) in [6, 6.07) is 8.48. The van der Waals surface area contributed by atoms with Crippen LogP contribution in [0.15, 0.2) is 92.0 Å². The highest BCUT2D eigenvalue weighted by atomic mass is 32.2. The van der Waals surface area contributed by atoms with Gasteiger partial charge in [-0.25, -0.2) is 42.1 Å². The van der Waals surface area contributed by atoms with Crippen LogP contribution in [0.1, 0.15) is 69.9 Å². The third-order valence-electron chi connectivity index (χ3n) is 13.9. The Labute approximate surface area is 459 Å². The molecule has 0 amide bonds. The molecule has 1 N–H and O–H groups in total. The number of ether oxygens (including phenoxy) is 5. The average molecular weight is 1200 g/mol. The largest absolute Gasteiger partial charge is 0.748 e. The molecule has 2 unspecified atom stereocenters. The highest BCUT2D eigenvalue weighted by Gasteiger charge is 2.49. The van der Waals surface area contributed by atoms with Crippen molar-refractivity contribution in [3.8, 4) is 0 Å². The van der Waals surface area contributed by atoms with Gasteiger partial charge < -0.3 is 56.5 Å². The number of carbonyl (C=O) groups is 1. The van der Waals surface area contributed by atoms with Crippen LogP contribution in [-0.2, 0) is 89.9 Å². The molecule has 2 aliphatic heterocycles. The number of carboxylic acid groups (broad SMARTS) is 1. The van der Waals surface area contributed by atoms with E-state index in [1.807, 2.05) is 0 Å². The van der Waals surface area contributed by atoms with E-state index in [1.165, 1.54) is 31.4 Å². The molecule has 29 heteroatoms. The van der Waals surface area contributed by atoms with Crippen LogP contribution in [0, 0.1) is 0 Å². The van der Waals surface area contributed by atoms with E-state index in [1.54, 1.807) is 48.7 Å². The molecule has 2 heterocycles. The lowest BCUT2D eigenvalue weighted by atomic mass is 9.74. The average Bonchev–Trinajstić information content (AvgIpc) is 3.99. The van der Waals surface area contributed by atoms with E-state index in [4.69, 9.17) is 23.7 Å². The molecule has 2 aliphatic rings. The zero-order valence-corrected chi connectivity index (χ0v) is 47.6. The number of aliphatic carboxylic acids is 1. The van der Waals surface area contributed by atoms with E-state index in [-0.39, 0.29) is 105 Å². The molecule has 6 rings (SSSR count). The summed E-state index contributed by atoms with van der Waals surface area (Å²) in [5.74, 6) is -1.91. The Morgan fingerprint density at radius 1 is 0.608 bits per heavy atom. The first kappa shape index (κ1) is 63.4. The van der Waals surface area contributed by atoms with Crippen molar-refractivity contribution in [2.45, 2.75) is 89.2 Å². The van der Waals surface area contributed by atoms with Gasteiger partial charge in [-0.05, 0) is 110 Å². The van der Waals surface area contributed by atoms with Crippen molar-refractivity contribution in [1.82, 2.24) is 0 Å². The van der Waals surface area contributed by atoms with Crippen LogP contribution in [0.5, 0.6) is 0 Å². The van der Waals surface area contributed by atoms with Gasteiger partial charge in [0.25, 0.3) is 0 Å². The van der Waals surface area contributed by atoms with E-state index < -0.39 is 92.7 Å². The van der Waals surface area contributed by atoms with Crippen LogP contribution in [-0.4, -0.2) is 172 Å². The highest BCUT2D eigenvalue weighted by Crippen LogP contribution is 2.54. The van der Waals surface area contributed by atoms with Crippen LogP contribution >= 0.6 is 0 Å². The normalized spacial score (nSPS) is 18.7. The summed E-state index contributed by atoms with van der Waals surface area (Å²) in [5.41, 5.74) is -0.833. The second kappa shape index (κ2) is 25.5. The zero-order chi connectivity index (χ0) is 58.4. The molecule has 0 bridgehead atoms. The predicted molar refractivity (Wildman–Crippen MR) is 280 cm³/mol. The minimum atomic E-state index is -5.47. The van der Waals surface area contributed by atoms with Gasteiger partial charge in [0.05, 0.1) is 81.4 Å². The Bertz CT molecular complexity index is 3640. The first-order valence-electron chi connectivity index (χ1n) is 24.6. The van der Waals surface area contributed by atoms with Crippen molar-refractivity contribution >= 4 is 95.2 Å². The fourth-order valence-electron chi connectivity index (χ4n) is 10.4. The lowest BCUT2D eigenvalue weighted by Crippen LogP contribution is -2.33. The summed E-state index contributed by atoms with van der Waals surface area (Å²) in [7, 11) is -23.6.